The van der Waals surface area contributed by atoms with Crippen molar-refractivity contribution >= 4 is 21.9 Å². The molecule has 1 aromatic rings. The Hall–Kier alpha value is -2.38. The fourth-order valence-corrected chi connectivity index (χ4v) is 4.89. The van der Waals surface area contributed by atoms with Crippen LogP contribution in [0.25, 0.3) is 0 Å². The van der Waals surface area contributed by atoms with Crippen LogP contribution >= 0.6 is 0 Å². The zero-order chi connectivity index (χ0) is 23.9. The van der Waals surface area contributed by atoms with Gasteiger partial charge in [0.2, 0.25) is 15.9 Å². The molecule has 0 radical (unpaired) electrons. The average molecular weight is 482 g/mol. The Morgan fingerprint density at radius 1 is 1.22 bits per heavy atom. The molecule has 9 nitrogen and oxygen atoms in total. The number of amides is 1. The van der Waals surface area contributed by atoms with Gasteiger partial charge in [-0.1, -0.05) is 18.9 Å². The molecule has 2 unspecified atom stereocenters. The molecule has 1 fully saturated rings. The molecule has 2 rings (SSSR count). The van der Waals surface area contributed by atoms with Gasteiger partial charge < -0.3 is 20.3 Å². The maximum atomic E-state index is 12.8. The number of carboxylic acids is 1. The average Bonchev–Trinajstić information content (AvgIpc) is 3.19. The third kappa shape index (κ3) is 8.63. The van der Waals surface area contributed by atoms with Crippen LogP contribution in [-0.2, 0) is 19.6 Å². The van der Waals surface area contributed by atoms with Crippen LogP contribution in [0, 0.1) is 5.92 Å². The summed E-state index contributed by atoms with van der Waals surface area (Å²) in [6.07, 6.45) is -4.33. The third-order valence-corrected chi connectivity index (χ3v) is 6.48. The predicted molar refractivity (Wildman–Crippen MR) is 105 cm³/mol. The number of carboxylic acid groups (broad SMARTS) is 1. The number of nitrogens with one attached hydrogen (secondary N) is 2. The number of hydrogen-bond acceptors (Lipinski definition) is 6. The van der Waals surface area contributed by atoms with Crippen LogP contribution in [0.4, 0.5) is 13.2 Å². The maximum absolute atomic E-state index is 12.8. The van der Waals surface area contributed by atoms with E-state index in [9.17, 15) is 36.3 Å². The van der Waals surface area contributed by atoms with E-state index in [0.29, 0.717) is 12.8 Å². The molecule has 0 spiro atoms. The number of sulfonamides is 1. The lowest BCUT2D eigenvalue weighted by Gasteiger charge is -2.25. The Bertz CT molecular complexity index is 902. The summed E-state index contributed by atoms with van der Waals surface area (Å²) < 4.78 is 69.1. The Morgan fingerprint density at radius 2 is 1.88 bits per heavy atom. The van der Waals surface area contributed by atoms with Crippen molar-refractivity contribution in [2.24, 2.45) is 5.92 Å². The molecule has 2 atom stereocenters. The van der Waals surface area contributed by atoms with Gasteiger partial charge in [0.05, 0.1) is 4.90 Å². The van der Waals surface area contributed by atoms with Crippen LogP contribution in [0.1, 0.15) is 44.9 Å². The Morgan fingerprint density at radius 3 is 2.47 bits per heavy atom. The number of aliphatic hydroxyl groups excluding tert-OH is 1. The van der Waals surface area contributed by atoms with Crippen molar-refractivity contribution in [2.45, 2.75) is 68.5 Å². The second-order valence-corrected chi connectivity index (χ2v) is 9.23. The Kier molecular flexibility index (Phi) is 8.87. The van der Waals surface area contributed by atoms with Crippen molar-refractivity contribution in [3.63, 3.8) is 0 Å². The molecule has 4 N–H and O–H groups in total. The lowest BCUT2D eigenvalue weighted by atomic mass is 9.96. The standard InChI is InChI=1S/C19H25F3N2O7S/c20-19(21,22)31-13-6-3-7-14(10-13)32(29,30)24-15(12-4-1-2-5-12)11-17(26)23-16(25)8-9-18(27)28/h3,6-7,10,12,15-16,24-25H,1-2,4-5,8-9,11H2,(H,23,26)(H,27,28). The molecule has 1 amide bonds. The molecule has 0 aliphatic heterocycles. The summed E-state index contributed by atoms with van der Waals surface area (Å²) in [4.78, 5) is 22.4. The molecule has 13 heteroatoms. The highest BCUT2D eigenvalue weighted by atomic mass is 32.2. The summed E-state index contributed by atoms with van der Waals surface area (Å²) in [5.74, 6) is -2.71. The van der Waals surface area contributed by atoms with E-state index in [1.807, 2.05) is 0 Å². The molecule has 1 saturated carbocycles. The first-order valence-corrected chi connectivity index (χ1v) is 11.4. The largest absolute Gasteiger partial charge is 0.573 e. The molecule has 1 aromatic carbocycles. The number of carbonyl (C=O) groups excluding carboxylic acids is 1. The molecule has 180 valence electrons. The molecule has 0 saturated heterocycles. The summed E-state index contributed by atoms with van der Waals surface area (Å²) in [5, 5.41) is 20.6. The molecule has 0 heterocycles. The third-order valence-electron chi connectivity index (χ3n) is 4.99. The van der Waals surface area contributed by atoms with Crippen molar-refractivity contribution in [1.29, 1.82) is 0 Å². The van der Waals surface area contributed by atoms with E-state index in [4.69, 9.17) is 5.11 Å². The number of hydrogen-bond donors (Lipinski definition) is 4. The van der Waals surface area contributed by atoms with Crippen molar-refractivity contribution in [3.05, 3.63) is 24.3 Å². The minimum Gasteiger partial charge on any atom is -0.481 e. The van der Waals surface area contributed by atoms with Crippen LogP contribution in [0.15, 0.2) is 29.2 Å². The van der Waals surface area contributed by atoms with Gasteiger partial charge in [0.1, 0.15) is 12.0 Å². The first-order chi connectivity index (χ1) is 14.9. The predicted octanol–water partition coefficient (Wildman–Crippen LogP) is 2.11. The van der Waals surface area contributed by atoms with Crippen molar-refractivity contribution in [3.8, 4) is 5.75 Å². The summed E-state index contributed by atoms with van der Waals surface area (Å²) >= 11 is 0. The summed E-state index contributed by atoms with van der Waals surface area (Å²) in [6, 6.07) is 3.05. The monoisotopic (exact) mass is 482 g/mol. The summed E-state index contributed by atoms with van der Waals surface area (Å²) in [5.41, 5.74) is 0. The van der Waals surface area contributed by atoms with E-state index < -0.39 is 51.2 Å². The molecular formula is C19H25F3N2O7S. The molecule has 0 aromatic heterocycles. The molecule has 1 aliphatic rings. The highest BCUT2D eigenvalue weighted by molar-refractivity contribution is 7.89. The van der Waals surface area contributed by atoms with Gasteiger partial charge in [0, 0.05) is 31.4 Å². The zero-order valence-electron chi connectivity index (χ0n) is 17.0. The number of benzene rings is 1. The lowest BCUT2D eigenvalue weighted by molar-refractivity contribution is -0.274. The molecular weight excluding hydrogens is 457 g/mol. The van der Waals surface area contributed by atoms with Crippen molar-refractivity contribution < 1.29 is 46.1 Å². The zero-order valence-corrected chi connectivity index (χ0v) is 17.8. The highest BCUT2D eigenvalue weighted by Crippen LogP contribution is 2.31. The maximum Gasteiger partial charge on any atom is 0.573 e. The Balaban J connectivity index is 2.11. The first kappa shape index (κ1) is 25.9. The SMILES string of the molecule is O=C(O)CCC(O)NC(=O)CC(NS(=O)(=O)c1cccc(OC(F)(F)F)c1)C1CCCC1. The van der Waals surface area contributed by atoms with Crippen LogP contribution in [0.3, 0.4) is 0 Å². The second kappa shape index (κ2) is 11.0. The number of ether oxygens (including phenoxy) is 1. The van der Waals surface area contributed by atoms with Gasteiger partial charge in [0.25, 0.3) is 0 Å². The van der Waals surface area contributed by atoms with E-state index in [0.717, 1.165) is 37.1 Å². The first-order valence-electron chi connectivity index (χ1n) is 9.93. The number of aliphatic carboxylic acids is 1. The fraction of sp³-hybridized carbons (Fsp3) is 0.579. The van der Waals surface area contributed by atoms with Gasteiger partial charge in [0.15, 0.2) is 0 Å². The normalized spacial score (nSPS) is 17.0. The quantitative estimate of drug-likeness (QED) is 0.354. The minimum absolute atomic E-state index is 0.179. The number of carbonyl (C=O) groups is 2. The summed E-state index contributed by atoms with van der Waals surface area (Å²) in [6.45, 7) is 0. The van der Waals surface area contributed by atoms with E-state index in [1.54, 1.807) is 0 Å². The lowest BCUT2D eigenvalue weighted by Crippen LogP contribution is -2.45. The van der Waals surface area contributed by atoms with Crippen LogP contribution < -0.4 is 14.8 Å². The van der Waals surface area contributed by atoms with E-state index >= 15 is 0 Å². The molecule has 32 heavy (non-hydrogen) atoms. The van der Waals surface area contributed by atoms with Gasteiger partial charge in [-0.05, 0) is 30.9 Å². The highest BCUT2D eigenvalue weighted by Gasteiger charge is 2.33. The Labute approximate surface area is 183 Å². The van der Waals surface area contributed by atoms with Crippen molar-refractivity contribution in [1.82, 2.24) is 10.0 Å². The fourth-order valence-electron chi connectivity index (χ4n) is 3.55. The van der Waals surface area contributed by atoms with Gasteiger partial charge >= 0.3 is 12.3 Å². The number of halogens is 3. The minimum atomic E-state index is -4.98. The number of alkyl halides is 3. The van der Waals surface area contributed by atoms with Gasteiger partial charge in [-0.25, -0.2) is 13.1 Å². The second-order valence-electron chi connectivity index (χ2n) is 7.51. The van der Waals surface area contributed by atoms with Crippen LogP contribution in [0.5, 0.6) is 5.75 Å². The van der Waals surface area contributed by atoms with E-state index in [-0.39, 0.29) is 25.2 Å². The molecule has 0 bridgehead atoms. The van der Waals surface area contributed by atoms with Crippen molar-refractivity contribution in [2.75, 3.05) is 0 Å². The number of aliphatic hydroxyl groups is 1. The van der Waals surface area contributed by atoms with Gasteiger partial charge in [-0.3, -0.25) is 9.59 Å². The smallest absolute Gasteiger partial charge is 0.481 e. The van der Waals surface area contributed by atoms with Gasteiger partial charge in [-0.15, -0.1) is 13.2 Å². The summed E-state index contributed by atoms with van der Waals surface area (Å²) in [7, 11) is -4.29. The van der Waals surface area contributed by atoms with E-state index in [1.165, 1.54) is 0 Å². The molecule has 1 aliphatic carbocycles. The van der Waals surface area contributed by atoms with Crippen LogP contribution in [0.2, 0.25) is 0 Å². The number of rotatable bonds is 11. The van der Waals surface area contributed by atoms with Crippen LogP contribution in [-0.4, -0.2) is 49.1 Å². The van der Waals surface area contributed by atoms with E-state index in [2.05, 4.69) is 14.8 Å². The van der Waals surface area contributed by atoms with Gasteiger partial charge in [-0.2, -0.15) is 0 Å². The topological polar surface area (TPSA) is 142 Å².